The van der Waals surface area contributed by atoms with E-state index >= 15 is 0 Å². The number of hydrogen-bond donors (Lipinski definition) is 0. The molecule has 0 fully saturated rings. The average molecular weight is 200 g/mol. The third-order valence-corrected chi connectivity index (χ3v) is 1.21. The lowest BCUT2D eigenvalue weighted by Gasteiger charge is -2.08. The summed E-state index contributed by atoms with van der Waals surface area (Å²) in [6, 6.07) is 0. The monoisotopic (exact) mass is 200 g/mol. The molecule has 1 rings (SSSR count). The molecule has 0 radical (unpaired) electrons. The van der Waals surface area contributed by atoms with Gasteiger partial charge in [0.1, 0.15) is 6.10 Å². The molecule has 0 saturated heterocycles. The third kappa shape index (κ3) is 2.41. The van der Waals surface area contributed by atoms with E-state index < -0.39 is 5.97 Å². The Morgan fingerprint density at radius 3 is 2.86 bits per heavy atom. The number of esters is 1. The van der Waals surface area contributed by atoms with E-state index in [1.807, 2.05) is 0 Å². The second-order valence-corrected chi connectivity index (χ2v) is 2.75. The van der Waals surface area contributed by atoms with Gasteiger partial charge in [0, 0.05) is 0 Å². The Balaban J connectivity index is 2.76. The van der Waals surface area contributed by atoms with Crippen LogP contribution in [0.25, 0.3) is 0 Å². The zero-order valence-corrected chi connectivity index (χ0v) is 8.30. The van der Waals surface area contributed by atoms with Gasteiger partial charge in [-0.1, -0.05) is 5.10 Å². The van der Waals surface area contributed by atoms with Gasteiger partial charge in [-0.05, 0) is 36.0 Å². The first-order valence-electron chi connectivity index (χ1n) is 4.27. The Hall–Kier alpha value is -1.66. The predicted molar refractivity (Wildman–Crippen MR) is 45.5 cm³/mol. The Morgan fingerprint density at radius 2 is 2.29 bits per heavy atom. The van der Waals surface area contributed by atoms with Gasteiger partial charge in [0.25, 0.3) is 5.82 Å². The molecule has 14 heavy (non-hydrogen) atoms. The molecular weight excluding hydrogens is 188 g/mol. The van der Waals surface area contributed by atoms with Gasteiger partial charge in [-0.25, -0.2) is 4.79 Å². The molecule has 7 nitrogen and oxygen atoms in total. The molecule has 0 spiro atoms. The van der Waals surface area contributed by atoms with Gasteiger partial charge in [-0.3, -0.25) is 0 Å². The van der Waals surface area contributed by atoms with Crippen LogP contribution >= 0.6 is 0 Å². The number of nitrogens with zero attached hydrogens (tertiary/aromatic N) is 4. The number of tetrazole rings is 1. The summed E-state index contributed by atoms with van der Waals surface area (Å²) in [5.74, 6) is -0.654. The van der Waals surface area contributed by atoms with Crippen LogP contribution in [-0.2, 0) is 4.74 Å². The fourth-order valence-corrected chi connectivity index (χ4v) is 0.765. The zero-order chi connectivity index (χ0) is 10.6. The van der Waals surface area contributed by atoms with Crippen molar-refractivity contribution < 1.29 is 14.4 Å². The highest BCUT2D eigenvalue weighted by Crippen LogP contribution is 1.95. The van der Waals surface area contributed by atoms with Crippen molar-refractivity contribution in [1.82, 2.24) is 20.4 Å². The molecule has 0 aliphatic carbocycles. The molecule has 1 heterocycles. The largest absolute Gasteiger partial charge is 0.460 e. The summed E-state index contributed by atoms with van der Waals surface area (Å²) >= 11 is 0. The maximum absolute atomic E-state index is 11.2. The van der Waals surface area contributed by atoms with Crippen molar-refractivity contribution >= 4 is 5.97 Å². The Morgan fingerprint density at radius 1 is 1.57 bits per heavy atom. The van der Waals surface area contributed by atoms with E-state index in [2.05, 4.69) is 15.5 Å². The van der Waals surface area contributed by atoms with Crippen LogP contribution in [0.2, 0.25) is 0 Å². The van der Waals surface area contributed by atoms with Crippen molar-refractivity contribution in [3.05, 3.63) is 5.82 Å². The molecule has 0 aliphatic heterocycles. The van der Waals surface area contributed by atoms with Crippen LogP contribution in [0.15, 0.2) is 0 Å². The van der Waals surface area contributed by atoms with Crippen molar-refractivity contribution in [3.8, 4) is 0 Å². The summed E-state index contributed by atoms with van der Waals surface area (Å²) in [5, 5.41) is 10.3. The number of aromatic nitrogens is 4. The normalized spacial score (nSPS) is 10.3. The van der Waals surface area contributed by atoms with E-state index in [0.29, 0.717) is 0 Å². The van der Waals surface area contributed by atoms with Crippen LogP contribution in [0.5, 0.6) is 0 Å². The molecule has 1 aromatic rings. The molecule has 0 N–H and O–H groups in total. The molecule has 0 saturated carbocycles. The fraction of sp³-hybridized carbons (Fsp3) is 0.714. The summed E-state index contributed by atoms with van der Waals surface area (Å²) in [4.78, 5) is 17.3. The Bertz CT molecular complexity index is 310. The molecule has 0 aromatic carbocycles. The standard InChI is InChI=1S/C7H12N4O3/c1-4-13-7(12)6-8-9-10-11(6)14-5(2)3/h5H,4H2,1-3H3. The molecule has 0 unspecified atom stereocenters. The summed E-state index contributed by atoms with van der Waals surface area (Å²) in [7, 11) is 0. The van der Waals surface area contributed by atoms with Crippen LogP contribution in [0.4, 0.5) is 0 Å². The van der Waals surface area contributed by atoms with E-state index in [-0.39, 0.29) is 18.5 Å². The van der Waals surface area contributed by atoms with Crippen molar-refractivity contribution in [2.75, 3.05) is 6.61 Å². The third-order valence-electron chi connectivity index (χ3n) is 1.21. The molecular formula is C7H12N4O3. The number of carbonyl (C=O) groups excluding carboxylic acids is 1. The lowest BCUT2D eigenvalue weighted by atomic mass is 10.5. The minimum atomic E-state index is -0.599. The summed E-state index contributed by atoms with van der Waals surface area (Å²) in [5.41, 5.74) is 0. The minimum absolute atomic E-state index is 0.0550. The average Bonchev–Trinajstić information content (AvgIpc) is 2.51. The Kier molecular flexibility index (Phi) is 3.38. The van der Waals surface area contributed by atoms with Gasteiger partial charge in [0.2, 0.25) is 0 Å². The van der Waals surface area contributed by atoms with Gasteiger partial charge in [-0.2, -0.15) is 0 Å². The van der Waals surface area contributed by atoms with Crippen LogP contribution in [-0.4, -0.2) is 39.1 Å². The molecule has 7 heteroatoms. The zero-order valence-electron chi connectivity index (χ0n) is 8.30. The van der Waals surface area contributed by atoms with Gasteiger partial charge in [0.05, 0.1) is 6.61 Å². The highest BCUT2D eigenvalue weighted by atomic mass is 16.7. The van der Waals surface area contributed by atoms with E-state index in [9.17, 15) is 4.79 Å². The van der Waals surface area contributed by atoms with E-state index in [0.717, 1.165) is 4.85 Å². The number of rotatable bonds is 4. The van der Waals surface area contributed by atoms with Gasteiger partial charge < -0.3 is 9.57 Å². The predicted octanol–water partition coefficient (Wildman–Crippen LogP) is -0.313. The van der Waals surface area contributed by atoms with Gasteiger partial charge in [0.15, 0.2) is 0 Å². The molecule has 0 bridgehead atoms. The maximum atomic E-state index is 11.2. The first-order valence-corrected chi connectivity index (χ1v) is 4.27. The summed E-state index contributed by atoms with van der Waals surface area (Å²) in [6.07, 6.45) is -0.119. The van der Waals surface area contributed by atoms with E-state index in [1.54, 1.807) is 20.8 Å². The smallest absolute Gasteiger partial charge is 0.381 e. The fourth-order valence-electron chi connectivity index (χ4n) is 0.765. The quantitative estimate of drug-likeness (QED) is 0.620. The summed E-state index contributed by atoms with van der Waals surface area (Å²) < 4.78 is 4.73. The second kappa shape index (κ2) is 4.54. The molecule has 1 aromatic heterocycles. The molecule has 0 aliphatic rings. The van der Waals surface area contributed by atoms with Crippen molar-refractivity contribution in [2.45, 2.75) is 26.9 Å². The van der Waals surface area contributed by atoms with Crippen LogP contribution in [0.3, 0.4) is 0 Å². The lowest BCUT2D eigenvalue weighted by molar-refractivity contribution is 0.0167. The van der Waals surface area contributed by atoms with Crippen LogP contribution in [0, 0.1) is 0 Å². The van der Waals surface area contributed by atoms with Gasteiger partial charge >= 0.3 is 5.97 Å². The lowest BCUT2D eigenvalue weighted by Crippen LogP contribution is -2.25. The number of ether oxygens (including phenoxy) is 1. The van der Waals surface area contributed by atoms with Crippen LogP contribution < -0.4 is 4.84 Å². The van der Waals surface area contributed by atoms with Crippen molar-refractivity contribution in [2.24, 2.45) is 0 Å². The SMILES string of the molecule is CCOC(=O)c1nnnn1OC(C)C. The molecule has 0 amide bonds. The first-order chi connectivity index (χ1) is 6.65. The van der Waals surface area contributed by atoms with Crippen molar-refractivity contribution in [1.29, 1.82) is 0 Å². The minimum Gasteiger partial charge on any atom is -0.460 e. The topological polar surface area (TPSA) is 79.1 Å². The van der Waals surface area contributed by atoms with Gasteiger partial charge in [-0.15, -0.1) is 0 Å². The summed E-state index contributed by atoms with van der Waals surface area (Å²) in [6.45, 7) is 5.58. The molecule has 0 atom stereocenters. The van der Waals surface area contributed by atoms with E-state index in [1.165, 1.54) is 0 Å². The van der Waals surface area contributed by atoms with E-state index in [4.69, 9.17) is 9.57 Å². The number of hydrogen-bond acceptors (Lipinski definition) is 6. The maximum Gasteiger partial charge on any atom is 0.381 e. The first kappa shape index (κ1) is 10.4. The molecule has 78 valence electrons. The number of carbonyl (C=O) groups is 1. The Labute approximate surface area is 80.9 Å². The van der Waals surface area contributed by atoms with Crippen LogP contribution in [0.1, 0.15) is 31.4 Å². The highest BCUT2D eigenvalue weighted by molar-refractivity contribution is 5.84. The second-order valence-electron chi connectivity index (χ2n) is 2.75. The van der Waals surface area contributed by atoms with Crippen molar-refractivity contribution in [3.63, 3.8) is 0 Å². The highest BCUT2D eigenvalue weighted by Gasteiger charge is 2.18.